The van der Waals surface area contributed by atoms with Gasteiger partial charge in [-0.3, -0.25) is 4.79 Å². The van der Waals surface area contributed by atoms with Crippen molar-refractivity contribution in [3.05, 3.63) is 48.0 Å². The second-order valence-corrected chi connectivity index (χ2v) is 6.77. The molecule has 1 aromatic carbocycles. The Labute approximate surface area is 155 Å². The Hall–Kier alpha value is -2.34. The monoisotopic (exact) mass is 356 g/mol. The van der Waals surface area contributed by atoms with Gasteiger partial charge in [0.1, 0.15) is 11.6 Å². The number of para-hydroxylation sites is 1. The van der Waals surface area contributed by atoms with Crippen LogP contribution < -0.4 is 4.74 Å². The van der Waals surface area contributed by atoms with Crippen LogP contribution in [0.15, 0.2) is 36.7 Å². The number of hydrogen-bond acceptors (Lipinski definition) is 4. The second kappa shape index (κ2) is 8.85. The van der Waals surface area contributed by atoms with Crippen LogP contribution in [-0.2, 0) is 24.7 Å². The number of ether oxygens (including phenoxy) is 1. The van der Waals surface area contributed by atoms with E-state index in [4.69, 9.17) is 4.74 Å². The van der Waals surface area contributed by atoms with E-state index in [-0.39, 0.29) is 5.91 Å². The molecule has 1 aliphatic rings. The highest BCUT2D eigenvalue weighted by Crippen LogP contribution is 2.19. The van der Waals surface area contributed by atoms with Gasteiger partial charge in [0.15, 0.2) is 0 Å². The number of benzene rings is 1. The van der Waals surface area contributed by atoms with Crippen molar-refractivity contribution in [1.29, 1.82) is 0 Å². The van der Waals surface area contributed by atoms with E-state index in [1.165, 1.54) is 0 Å². The average molecular weight is 356 g/mol. The zero-order valence-electron chi connectivity index (χ0n) is 15.7. The molecule has 6 nitrogen and oxygen atoms in total. The Kier molecular flexibility index (Phi) is 6.28. The summed E-state index contributed by atoms with van der Waals surface area (Å²) in [5.41, 5.74) is 0.955. The van der Waals surface area contributed by atoms with Crippen molar-refractivity contribution in [2.45, 2.75) is 19.3 Å². The third kappa shape index (κ3) is 4.64. The molecule has 6 heteroatoms. The molecular formula is C20H28N4O2. The Morgan fingerprint density at radius 2 is 2.04 bits per heavy atom. The minimum Gasteiger partial charge on any atom is -0.496 e. The summed E-state index contributed by atoms with van der Waals surface area (Å²) in [5, 5.41) is 0. The van der Waals surface area contributed by atoms with Gasteiger partial charge in [0.25, 0.3) is 0 Å². The summed E-state index contributed by atoms with van der Waals surface area (Å²) in [6.07, 6.45) is 6.18. The van der Waals surface area contributed by atoms with Gasteiger partial charge in [-0.1, -0.05) is 18.2 Å². The van der Waals surface area contributed by atoms with Crippen molar-refractivity contribution in [2.24, 2.45) is 7.05 Å². The van der Waals surface area contributed by atoms with Gasteiger partial charge in [-0.25, -0.2) is 4.98 Å². The molecular weight excluding hydrogens is 328 g/mol. The normalized spacial score (nSPS) is 15.7. The molecule has 3 rings (SSSR count). The highest BCUT2D eigenvalue weighted by molar-refractivity contribution is 5.79. The lowest BCUT2D eigenvalue weighted by molar-refractivity contribution is -0.130. The van der Waals surface area contributed by atoms with Gasteiger partial charge >= 0.3 is 0 Å². The lowest BCUT2D eigenvalue weighted by Crippen LogP contribution is -2.36. The Morgan fingerprint density at radius 3 is 2.81 bits per heavy atom. The summed E-state index contributed by atoms with van der Waals surface area (Å²) < 4.78 is 7.44. The van der Waals surface area contributed by atoms with Gasteiger partial charge in [-0.05, 0) is 19.0 Å². The van der Waals surface area contributed by atoms with Crippen molar-refractivity contribution in [1.82, 2.24) is 19.4 Å². The van der Waals surface area contributed by atoms with E-state index in [9.17, 15) is 4.79 Å². The number of hydrogen-bond donors (Lipinski definition) is 0. The molecule has 0 aliphatic carbocycles. The van der Waals surface area contributed by atoms with Crippen LogP contribution in [0.5, 0.6) is 5.75 Å². The molecule has 0 unspecified atom stereocenters. The van der Waals surface area contributed by atoms with Gasteiger partial charge in [0.2, 0.25) is 5.91 Å². The van der Waals surface area contributed by atoms with Gasteiger partial charge < -0.3 is 19.1 Å². The largest absolute Gasteiger partial charge is 0.496 e. The van der Waals surface area contributed by atoms with Gasteiger partial charge in [0.05, 0.1) is 13.5 Å². The molecule has 1 saturated heterocycles. The van der Waals surface area contributed by atoms with E-state index in [0.29, 0.717) is 6.42 Å². The smallest absolute Gasteiger partial charge is 0.227 e. The molecule has 1 aromatic heterocycles. The quantitative estimate of drug-likeness (QED) is 0.791. The summed E-state index contributed by atoms with van der Waals surface area (Å²) in [5.74, 6) is 2.08. The van der Waals surface area contributed by atoms with Gasteiger partial charge in [-0.15, -0.1) is 0 Å². The van der Waals surface area contributed by atoms with Crippen molar-refractivity contribution >= 4 is 5.91 Å². The van der Waals surface area contributed by atoms with Crippen LogP contribution >= 0.6 is 0 Å². The topological polar surface area (TPSA) is 50.6 Å². The Bertz CT molecular complexity index is 728. The summed E-state index contributed by atoms with van der Waals surface area (Å²) in [6, 6.07) is 7.75. The standard InChI is InChI=1S/C20H28N4O2/c1-22-13-9-21-19(22)8-12-23-10-5-11-24(15-14-23)20(25)16-17-6-3-4-7-18(17)26-2/h3-4,6-7,9,13H,5,8,10-12,14-16H2,1-2H3. The predicted molar refractivity (Wildman–Crippen MR) is 101 cm³/mol. The minimum atomic E-state index is 0.181. The molecule has 0 N–H and O–H groups in total. The van der Waals surface area contributed by atoms with Crippen LogP contribution in [0, 0.1) is 0 Å². The first kappa shape index (κ1) is 18.5. The lowest BCUT2D eigenvalue weighted by Gasteiger charge is -2.22. The van der Waals surface area contributed by atoms with E-state index in [1.54, 1.807) is 7.11 Å². The summed E-state index contributed by atoms with van der Waals surface area (Å²) in [6.45, 7) is 4.55. The molecule has 0 atom stereocenters. The first-order valence-electron chi connectivity index (χ1n) is 9.25. The second-order valence-electron chi connectivity index (χ2n) is 6.77. The average Bonchev–Trinajstić information content (AvgIpc) is 2.92. The third-order valence-electron chi connectivity index (χ3n) is 5.05. The van der Waals surface area contributed by atoms with Crippen molar-refractivity contribution in [3.8, 4) is 5.75 Å². The number of nitrogens with zero attached hydrogens (tertiary/aromatic N) is 4. The fourth-order valence-electron chi connectivity index (χ4n) is 3.46. The maximum absolute atomic E-state index is 12.7. The first-order chi connectivity index (χ1) is 12.7. The van der Waals surface area contributed by atoms with Crippen LogP contribution in [0.3, 0.4) is 0 Å². The zero-order valence-corrected chi connectivity index (χ0v) is 15.7. The van der Waals surface area contributed by atoms with Crippen molar-refractivity contribution < 1.29 is 9.53 Å². The molecule has 0 spiro atoms. The number of methoxy groups -OCH3 is 1. The maximum Gasteiger partial charge on any atom is 0.227 e. The van der Waals surface area contributed by atoms with Crippen LogP contribution in [0.2, 0.25) is 0 Å². The van der Waals surface area contributed by atoms with E-state index in [1.807, 2.05) is 48.6 Å². The predicted octanol–water partition coefficient (Wildman–Crippen LogP) is 1.75. The van der Waals surface area contributed by atoms with E-state index in [2.05, 4.69) is 14.5 Å². The first-order valence-corrected chi connectivity index (χ1v) is 9.25. The summed E-state index contributed by atoms with van der Waals surface area (Å²) in [4.78, 5) is 21.5. The molecule has 2 aromatic rings. The van der Waals surface area contributed by atoms with Crippen LogP contribution in [0.25, 0.3) is 0 Å². The maximum atomic E-state index is 12.7. The van der Waals surface area contributed by atoms with E-state index < -0.39 is 0 Å². The highest BCUT2D eigenvalue weighted by atomic mass is 16.5. The minimum absolute atomic E-state index is 0.181. The van der Waals surface area contributed by atoms with Gasteiger partial charge in [0, 0.05) is 57.6 Å². The molecule has 26 heavy (non-hydrogen) atoms. The Balaban J connectivity index is 1.51. The van der Waals surface area contributed by atoms with E-state index >= 15 is 0 Å². The van der Waals surface area contributed by atoms with E-state index in [0.717, 1.165) is 62.7 Å². The third-order valence-corrected chi connectivity index (χ3v) is 5.05. The van der Waals surface area contributed by atoms with Crippen molar-refractivity contribution in [3.63, 3.8) is 0 Å². The Morgan fingerprint density at radius 1 is 1.19 bits per heavy atom. The number of carbonyl (C=O) groups is 1. The molecule has 1 amide bonds. The fourth-order valence-corrected chi connectivity index (χ4v) is 3.46. The number of aryl methyl sites for hydroxylation is 1. The van der Waals surface area contributed by atoms with Crippen LogP contribution in [0.4, 0.5) is 0 Å². The number of imidazole rings is 1. The molecule has 0 radical (unpaired) electrons. The highest BCUT2D eigenvalue weighted by Gasteiger charge is 2.20. The number of aromatic nitrogens is 2. The molecule has 1 aliphatic heterocycles. The van der Waals surface area contributed by atoms with Crippen LogP contribution in [0.1, 0.15) is 17.8 Å². The number of rotatable bonds is 6. The zero-order chi connectivity index (χ0) is 18.4. The van der Waals surface area contributed by atoms with Gasteiger partial charge in [-0.2, -0.15) is 0 Å². The molecule has 0 saturated carbocycles. The molecule has 1 fully saturated rings. The molecule has 140 valence electrons. The summed E-state index contributed by atoms with van der Waals surface area (Å²) >= 11 is 0. The fraction of sp³-hybridized carbons (Fsp3) is 0.500. The summed E-state index contributed by atoms with van der Waals surface area (Å²) in [7, 11) is 3.68. The number of carbonyl (C=O) groups excluding carboxylic acids is 1. The lowest BCUT2D eigenvalue weighted by atomic mass is 10.1. The number of amides is 1. The van der Waals surface area contributed by atoms with Crippen LogP contribution in [-0.4, -0.2) is 65.1 Å². The molecule has 0 bridgehead atoms. The molecule has 2 heterocycles. The SMILES string of the molecule is COc1ccccc1CC(=O)N1CCCN(CCc2nccn2C)CC1. The van der Waals surface area contributed by atoms with Crippen molar-refractivity contribution in [2.75, 3.05) is 39.8 Å².